The molecule has 0 radical (unpaired) electrons. The maximum Gasteiger partial charge on any atom is 0.306 e. The van der Waals surface area contributed by atoms with E-state index >= 15 is 0 Å². The number of hydrogen-bond acceptors (Lipinski definition) is 10. The highest BCUT2D eigenvalue weighted by Gasteiger charge is 2.22. The minimum absolute atomic E-state index is 0.0148. The molecule has 0 unspecified atom stereocenters. The molecule has 0 aliphatic heterocycles. The van der Waals surface area contributed by atoms with Crippen LogP contribution in [0.1, 0.15) is 155 Å². The molecule has 0 rings (SSSR count). The average Bonchev–Trinajstić information content (AvgIpc) is 3.17. The van der Waals surface area contributed by atoms with Crippen molar-refractivity contribution in [3.63, 3.8) is 0 Å². The van der Waals surface area contributed by atoms with Gasteiger partial charge in [-0.25, -0.2) is 0 Å². The molecule has 5 N–H and O–H groups in total. The third kappa shape index (κ3) is 39.5. The molecule has 2 amide bonds. The molecule has 0 fully saturated rings. The average molecular weight is 817 g/mol. The van der Waals surface area contributed by atoms with E-state index in [0.29, 0.717) is 91.4 Å². The Kier molecular flexibility index (Phi) is 37.5. The van der Waals surface area contributed by atoms with Gasteiger partial charge >= 0.3 is 17.9 Å². The maximum atomic E-state index is 12.4. The van der Waals surface area contributed by atoms with Crippen molar-refractivity contribution in [1.29, 1.82) is 0 Å². The molecule has 0 aromatic heterocycles. The molecule has 0 aliphatic rings. The molecule has 0 aliphatic carbocycles. The fraction of sp³-hybridized carbons (Fsp3) is 0.857. The summed E-state index contributed by atoms with van der Waals surface area (Å²) in [6.45, 7) is 5.66. The number of carboxylic acids is 3. The highest BCUT2D eigenvalue weighted by atomic mass is 16.6. The van der Waals surface area contributed by atoms with Crippen molar-refractivity contribution in [2.75, 3.05) is 65.9 Å². The van der Waals surface area contributed by atoms with Crippen LogP contribution in [0.5, 0.6) is 0 Å². The fourth-order valence-corrected chi connectivity index (χ4v) is 6.01. The molecule has 57 heavy (non-hydrogen) atoms. The molecule has 15 nitrogen and oxygen atoms in total. The fourth-order valence-electron chi connectivity index (χ4n) is 6.01. The lowest BCUT2D eigenvalue weighted by Crippen LogP contribution is -2.27. The number of carbonyl (C=O) groups is 6. The second-order valence-electron chi connectivity index (χ2n) is 14.8. The van der Waals surface area contributed by atoms with Gasteiger partial charge in [0.15, 0.2) is 0 Å². The van der Waals surface area contributed by atoms with Gasteiger partial charge in [-0.3, -0.25) is 28.8 Å². The zero-order valence-corrected chi connectivity index (χ0v) is 34.9. The number of unbranched alkanes of at least 4 members (excludes halogenated alkanes) is 14. The number of Topliss-reactive ketones (excluding diaryl/α,β-unsaturated/α-hetero) is 1. The molecular formula is C42H76N2O13. The number of hydrogen-bond donors (Lipinski definition) is 5. The van der Waals surface area contributed by atoms with Crippen LogP contribution >= 0.6 is 0 Å². The first-order valence-corrected chi connectivity index (χ1v) is 21.6. The predicted molar refractivity (Wildman–Crippen MR) is 216 cm³/mol. The summed E-state index contributed by atoms with van der Waals surface area (Å²) < 4.78 is 21.3. The third-order valence-corrected chi connectivity index (χ3v) is 9.61. The number of carbonyl (C=O) groups excluding carboxylic acids is 3. The van der Waals surface area contributed by atoms with E-state index in [2.05, 4.69) is 10.6 Å². The van der Waals surface area contributed by atoms with Crippen molar-refractivity contribution in [2.24, 2.45) is 11.8 Å². The molecular weight excluding hydrogens is 740 g/mol. The first-order valence-electron chi connectivity index (χ1n) is 21.6. The van der Waals surface area contributed by atoms with Crippen LogP contribution in [-0.4, -0.2) is 117 Å². The lowest BCUT2D eigenvalue weighted by atomic mass is 9.94. The van der Waals surface area contributed by atoms with Gasteiger partial charge in [-0.1, -0.05) is 90.4 Å². The van der Waals surface area contributed by atoms with E-state index in [1.807, 2.05) is 0 Å². The SMILES string of the molecule is C[C@@H](CCCCNC(=O)CC[C@H](CC(=O)CCCCCCCCCCCCCCCCC(=O)NCCOCCOCCOCCOCCC(=O)O)C(=O)O)C(=O)O. The Morgan fingerprint density at radius 1 is 0.439 bits per heavy atom. The molecule has 0 aromatic carbocycles. The van der Waals surface area contributed by atoms with Crippen LogP contribution in [0.15, 0.2) is 0 Å². The van der Waals surface area contributed by atoms with E-state index in [0.717, 1.165) is 44.9 Å². The lowest BCUT2D eigenvalue weighted by Gasteiger charge is -2.12. The summed E-state index contributed by atoms with van der Waals surface area (Å²) in [4.78, 5) is 69.3. The van der Waals surface area contributed by atoms with E-state index in [1.54, 1.807) is 6.92 Å². The third-order valence-electron chi connectivity index (χ3n) is 9.61. The van der Waals surface area contributed by atoms with E-state index in [9.17, 15) is 33.9 Å². The highest BCUT2D eigenvalue weighted by molar-refractivity contribution is 5.84. The number of amides is 2. The zero-order valence-electron chi connectivity index (χ0n) is 34.9. The van der Waals surface area contributed by atoms with Gasteiger partial charge in [-0.2, -0.15) is 0 Å². The van der Waals surface area contributed by atoms with Gasteiger partial charge in [-0.15, -0.1) is 0 Å². The lowest BCUT2D eigenvalue weighted by molar-refractivity contribution is -0.144. The number of carboxylic acid groups (broad SMARTS) is 3. The summed E-state index contributed by atoms with van der Waals surface area (Å²) in [6.07, 6.45) is 18.6. The maximum absolute atomic E-state index is 12.4. The second kappa shape index (κ2) is 39.7. The molecule has 0 spiro atoms. The number of rotatable bonds is 44. The Bertz CT molecular complexity index is 1060. The summed E-state index contributed by atoms with van der Waals surface area (Å²) >= 11 is 0. The molecule has 0 saturated heterocycles. The van der Waals surface area contributed by atoms with E-state index in [-0.39, 0.29) is 49.9 Å². The highest BCUT2D eigenvalue weighted by Crippen LogP contribution is 2.17. The van der Waals surface area contributed by atoms with Gasteiger partial charge in [0.1, 0.15) is 5.78 Å². The first-order chi connectivity index (χ1) is 27.5. The van der Waals surface area contributed by atoms with E-state index in [1.165, 1.54) is 44.9 Å². The van der Waals surface area contributed by atoms with E-state index < -0.39 is 29.7 Å². The molecule has 15 heteroatoms. The van der Waals surface area contributed by atoms with Crippen LogP contribution in [0.2, 0.25) is 0 Å². The van der Waals surface area contributed by atoms with Crippen LogP contribution in [0.3, 0.4) is 0 Å². The monoisotopic (exact) mass is 817 g/mol. The topological polar surface area (TPSA) is 224 Å². The van der Waals surface area contributed by atoms with Gasteiger partial charge in [0, 0.05) is 38.8 Å². The normalized spacial score (nSPS) is 12.2. The summed E-state index contributed by atoms with van der Waals surface area (Å²) in [5.41, 5.74) is 0. The predicted octanol–water partition coefficient (Wildman–Crippen LogP) is 6.33. The van der Waals surface area contributed by atoms with Crippen LogP contribution in [0, 0.1) is 11.8 Å². The number of nitrogens with one attached hydrogen (secondary N) is 2. The largest absolute Gasteiger partial charge is 0.481 e. The van der Waals surface area contributed by atoms with Gasteiger partial charge in [0.05, 0.1) is 71.1 Å². The molecule has 332 valence electrons. The minimum Gasteiger partial charge on any atom is -0.481 e. The van der Waals surface area contributed by atoms with E-state index in [4.69, 9.17) is 29.2 Å². The molecule has 0 aromatic rings. The van der Waals surface area contributed by atoms with Crippen LogP contribution in [-0.2, 0) is 47.7 Å². The zero-order chi connectivity index (χ0) is 42.2. The summed E-state index contributed by atoms with van der Waals surface area (Å²) in [5, 5.41) is 32.6. The van der Waals surface area contributed by atoms with Crippen LogP contribution < -0.4 is 10.6 Å². The van der Waals surface area contributed by atoms with Crippen LogP contribution in [0.4, 0.5) is 0 Å². The van der Waals surface area contributed by atoms with Gasteiger partial charge in [-0.05, 0) is 32.1 Å². The second-order valence-corrected chi connectivity index (χ2v) is 14.8. The standard InChI is InChI=1S/C42H76N2O13/c1-35(41(50)51)18-16-17-24-43-39(47)22-21-36(42(52)53)34-37(45)19-14-12-10-8-6-4-2-3-5-7-9-11-13-15-20-38(46)44-25-27-55-29-31-57-33-32-56-30-28-54-26-23-40(48)49/h35-36H,2-34H2,1H3,(H,43,47)(H,44,46)(H,48,49)(H,50,51)(H,52,53)/t35-,36+/m0/s1. The Morgan fingerprint density at radius 3 is 1.37 bits per heavy atom. The van der Waals surface area contributed by atoms with Crippen molar-refractivity contribution < 1.29 is 63.0 Å². The van der Waals surface area contributed by atoms with Gasteiger partial charge in [0.2, 0.25) is 11.8 Å². The number of ketones is 1. The van der Waals surface area contributed by atoms with Crippen molar-refractivity contribution in [2.45, 2.75) is 155 Å². The smallest absolute Gasteiger partial charge is 0.306 e. The van der Waals surface area contributed by atoms with Gasteiger partial charge in [0.25, 0.3) is 0 Å². The summed E-state index contributed by atoms with van der Waals surface area (Å²) in [7, 11) is 0. The number of ether oxygens (including phenoxy) is 4. The van der Waals surface area contributed by atoms with Gasteiger partial charge < -0.3 is 44.9 Å². The van der Waals surface area contributed by atoms with Crippen molar-refractivity contribution >= 4 is 35.5 Å². The van der Waals surface area contributed by atoms with Crippen molar-refractivity contribution in [1.82, 2.24) is 10.6 Å². The minimum atomic E-state index is -1.05. The summed E-state index contributed by atoms with van der Waals surface area (Å²) in [6, 6.07) is 0. The summed E-state index contributed by atoms with van der Waals surface area (Å²) in [5.74, 6) is -4.28. The molecule has 0 bridgehead atoms. The first kappa shape index (κ1) is 53.9. The van der Waals surface area contributed by atoms with Crippen molar-refractivity contribution in [3.05, 3.63) is 0 Å². The van der Waals surface area contributed by atoms with Crippen molar-refractivity contribution in [3.8, 4) is 0 Å². The molecule has 2 atom stereocenters. The Morgan fingerprint density at radius 2 is 0.877 bits per heavy atom. The Hall–Kier alpha value is -3.14. The molecule has 0 saturated carbocycles. The molecule has 0 heterocycles. The Labute approximate surface area is 341 Å². The number of aliphatic carboxylic acids is 3. The Balaban J connectivity index is 3.49. The quantitative estimate of drug-likeness (QED) is 0.0425. The van der Waals surface area contributed by atoms with Crippen LogP contribution in [0.25, 0.3) is 0 Å².